The van der Waals surface area contributed by atoms with Crippen LogP contribution in [0.4, 0.5) is 14.5 Å². The number of methoxy groups -OCH3 is 1. The first-order valence-corrected chi connectivity index (χ1v) is 4.54. The Morgan fingerprint density at radius 2 is 2.06 bits per heavy atom. The van der Waals surface area contributed by atoms with Crippen LogP contribution in [0.15, 0.2) is 12.1 Å². The number of nitro benzene ring substituents is 1. The monoisotopic (exact) mass is 245 g/mol. The number of carbonyl (C=O) groups is 1. The lowest BCUT2D eigenvalue weighted by atomic mass is 10.1. The van der Waals surface area contributed by atoms with Gasteiger partial charge in [-0.2, -0.15) is 0 Å². The van der Waals surface area contributed by atoms with Crippen LogP contribution >= 0.6 is 0 Å². The van der Waals surface area contributed by atoms with Crippen LogP contribution in [0.2, 0.25) is 0 Å². The van der Waals surface area contributed by atoms with Gasteiger partial charge in [0.25, 0.3) is 6.43 Å². The topological polar surface area (TPSA) is 69.4 Å². The quantitative estimate of drug-likeness (QED) is 0.464. The fourth-order valence-electron chi connectivity index (χ4n) is 1.35. The van der Waals surface area contributed by atoms with Crippen LogP contribution in [0.1, 0.15) is 29.3 Å². The molecule has 1 rings (SSSR count). The van der Waals surface area contributed by atoms with Crippen LogP contribution in [0, 0.1) is 10.1 Å². The van der Waals surface area contributed by atoms with Crippen molar-refractivity contribution in [2.75, 3.05) is 7.11 Å². The summed E-state index contributed by atoms with van der Waals surface area (Å²) in [5, 5.41) is 10.7. The molecule has 0 aliphatic heterocycles. The fraction of sp³-hybridized carbons (Fsp3) is 0.300. The second-order valence-corrected chi connectivity index (χ2v) is 3.23. The Balaban J connectivity index is 3.57. The molecule has 0 bridgehead atoms. The zero-order valence-corrected chi connectivity index (χ0v) is 9.07. The summed E-state index contributed by atoms with van der Waals surface area (Å²) in [6.07, 6.45) is -3.05. The molecule has 0 atom stereocenters. The second-order valence-electron chi connectivity index (χ2n) is 3.23. The van der Waals surface area contributed by atoms with E-state index in [0.29, 0.717) is 0 Å². The molecule has 0 aliphatic rings. The van der Waals surface area contributed by atoms with Crippen molar-refractivity contribution in [2.24, 2.45) is 0 Å². The third-order valence-electron chi connectivity index (χ3n) is 2.15. The van der Waals surface area contributed by atoms with E-state index in [1.807, 2.05) is 0 Å². The van der Waals surface area contributed by atoms with Gasteiger partial charge in [0.15, 0.2) is 11.5 Å². The third kappa shape index (κ3) is 2.55. The average molecular weight is 245 g/mol. The maximum absolute atomic E-state index is 12.7. The number of benzene rings is 1. The first kappa shape index (κ1) is 13.0. The van der Waals surface area contributed by atoms with Gasteiger partial charge >= 0.3 is 5.69 Å². The Morgan fingerprint density at radius 3 is 2.41 bits per heavy atom. The molecule has 0 N–H and O–H groups in total. The summed E-state index contributed by atoms with van der Waals surface area (Å²) in [4.78, 5) is 20.8. The van der Waals surface area contributed by atoms with E-state index in [9.17, 15) is 23.7 Å². The number of Topliss-reactive ketones (excluding diaryl/α,β-unsaturated/α-hetero) is 1. The predicted octanol–water partition coefficient (Wildman–Crippen LogP) is 2.74. The lowest BCUT2D eigenvalue weighted by Crippen LogP contribution is -2.03. The van der Waals surface area contributed by atoms with E-state index in [1.54, 1.807) is 0 Å². The molecule has 0 aliphatic carbocycles. The standard InChI is InChI=1S/C10H9F2NO4/c1-5(14)6-3-7(10(11)12)9(13(15)16)8(4-6)17-2/h3-4,10H,1-2H3. The Labute approximate surface area is 95.2 Å². The molecule has 0 fully saturated rings. The Bertz CT molecular complexity index is 474. The molecule has 0 saturated carbocycles. The van der Waals surface area contributed by atoms with Gasteiger partial charge in [0.1, 0.15) is 5.56 Å². The molecule has 0 heterocycles. The van der Waals surface area contributed by atoms with Gasteiger partial charge in [0, 0.05) is 5.56 Å². The van der Waals surface area contributed by atoms with E-state index < -0.39 is 28.4 Å². The first-order valence-electron chi connectivity index (χ1n) is 4.54. The zero-order valence-electron chi connectivity index (χ0n) is 9.07. The van der Waals surface area contributed by atoms with Crippen LogP contribution in [-0.4, -0.2) is 17.8 Å². The molecule has 17 heavy (non-hydrogen) atoms. The van der Waals surface area contributed by atoms with Crippen molar-refractivity contribution in [1.82, 2.24) is 0 Å². The number of halogens is 2. The smallest absolute Gasteiger partial charge is 0.319 e. The molecule has 1 aromatic rings. The largest absolute Gasteiger partial charge is 0.490 e. The van der Waals surface area contributed by atoms with Crippen molar-refractivity contribution >= 4 is 11.5 Å². The van der Waals surface area contributed by atoms with E-state index in [2.05, 4.69) is 4.74 Å². The van der Waals surface area contributed by atoms with Gasteiger partial charge in [-0.05, 0) is 19.1 Å². The summed E-state index contributed by atoms with van der Waals surface area (Å²) in [5.41, 5.74) is -1.69. The predicted molar refractivity (Wildman–Crippen MR) is 54.6 cm³/mol. The summed E-state index contributed by atoms with van der Waals surface area (Å²) in [6, 6.07) is 1.89. The maximum Gasteiger partial charge on any atom is 0.319 e. The lowest BCUT2D eigenvalue weighted by Gasteiger charge is -2.08. The van der Waals surface area contributed by atoms with Gasteiger partial charge in [-0.25, -0.2) is 8.78 Å². The van der Waals surface area contributed by atoms with E-state index in [1.165, 1.54) is 6.92 Å². The molecule has 7 heteroatoms. The van der Waals surface area contributed by atoms with Crippen molar-refractivity contribution in [2.45, 2.75) is 13.3 Å². The van der Waals surface area contributed by atoms with E-state index in [0.717, 1.165) is 19.2 Å². The number of hydrogen-bond acceptors (Lipinski definition) is 4. The number of carbonyl (C=O) groups excluding carboxylic acids is 1. The molecule has 1 aromatic carbocycles. The third-order valence-corrected chi connectivity index (χ3v) is 2.15. The second kappa shape index (κ2) is 4.86. The molecule has 0 aromatic heterocycles. The number of alkyl halides is 2. The van der Waals surface area contributed by atoms with E-state index >= 15 is 0 Å². The van der Waals surface area contributed by atoms with Gasteiger partial charge in [-0.1, -0.05) is 0 Å². The van der Waals surface area contributed by atoms with Crippen LogP contribution in [0.25, 0.3) is 0 Å². The molecule has 5 nitrogen and oxygen atoms in total. The Kier molecular flexibility index (Phi) is 3.72. The molecular weight excluding hydrogens is 236 g/mol. The summed E-state index contributed by atoms with van der Waals surface area (Å²) < 4.78 is 30.0. The van der Waals surface area contributed by atoms with Crippen molar-refractivity contribution in [3.8, 4) is 5.75 Å². The Hall–Kier alpha value is -2.05. The molecule has 0 saturated heterocycles. The minimum atomic E-state index is -3.05. The number of nitrogens with zero attached hydrogens (tertiary/aromatic N) is 1. The van der Waals surface area contributed by atoms with Crippen LogP contribution in [0.3, 0.4) is 0 Å². The SMILES string of the molecule is COc1cc(C(C)=O)cc(C(F)F)c1[N+](=O)[O-]. The number of ketones is 1. The molecule has 0 amide bonds. The molecular formula is C10H9F2NO4. The van der Waals surface area contributed by atoms with Crippen LogP contribution in [0.5, 0.6) is 5.75 Å². The van der Waals surface area contributed by atoms with Crippen molar-refractivity contribution in [3.05, 3.63) is 33.4 Å². The highest BCUT2D eigenvalue weighted by Gasteiger charge is 2.28. The normalized spacial score (nSPS) is 10.4. The van der Waals surface area contributed by atoms with Crippen molar-refractivity contribution in [3.63, 3.8) is 0 Å². The van der Waals surface area contributed by atoms with E-state index in [-0.39, 0.29) is 11.3 Å². The number of hydrogen-bond donors (Lipinski definition) is 0. The summed E-state index contributed by atoms with van der Waals surface area (Å²) in [6.45, 7) is 1.18. The number of rotatable bonds is 4. The minimum Gasteiger partial charge on any atom is -0.490 e. The molecule has 0 radical (unpaired) electrons. The lowest BCUT2D eigenvalue weighted by molar-refractivity contribution is -0.387. The van der Waals surface area contributed by atoms with Gasteiger partial charge in [-0.3, -0.25) is 14.9 Å². The molecule has 0 spiro atoms. The highest BCUT2D eigenvalue weighted by molar-refractivity contribution is 5.95. The highest BCUT2D eigenvalue weighted by Crippen LogP contribution is 2.37. The maximum atomic E-state index is 12.7. The summed E-state index contributed by atoms with van der Waals surface area (Å²) >= 11 is 0. The first-order chi connectivity index (χ1) is 7.88. The molecule has 0 unspecified atom stereocenters. The van der Waals surface area contributed by atoms with Gasteiger partial charge in [0.05, 0.1) is 12.0 Å². The summed E-state index contributed by atoms with van der Waals surface area (Å²) in [7, 11) is 1.11. The number of ether oxygens (including phenoxy) is 1. The van der Waals surface area contributed by atoms with Gasteiger partial charge < -0.3 is 4.74 Å². The number of nitro groups is 1. The highest BCUT2D eigenvalue weighted by atomic mass is 19.3. The Morgan fingerprint density at radius 1 is 1.47 bits per heavy atom. The minimum absolute atomic E-state index is 0.0530. The van der Waals surface area contributed by atoms with Crippen LogP contribution in [-0.2, 0) is 0 Å². The zero-order chi connectivity index (χ0) is 13.2. The average Bonchev–Trinajstić information content (AvgIpc) is 2.26. The fourth-order valence-corrected chi connectivity index (χ4v) is 1.35. The summed E-state index contributed by atoms with van der Waals surface area (Å²) in [5.74, 6) is -0.821. The van der Waals surface area contributed by atoms with Gasteiger partial charge in [0.2, 0.25) is 0 Å². The van der Waals surface area contributed by atoms with Crippen LogP contribution < -0.4 is 4.74 Å². The van der Waals surface area contributed by atoms with Crippen molar-refractivity contribution < 1.29 is 23.2 Å². The molecule has 92 valence electrons. The van der Waals surface area contributed by atoms with Crippen molar-refractivity contribution in [1.29, 1.82) is 0 Å². The van der Waals surface area contributed by atoms with E-state index in [4.69, 9.17) is 0 Å². The van der Waals surface area contributed by atoms with Gasteiger partial charge in [-0.15, -0.1) is 0 Å².